The van der Waals surface area contributed by atoms with Crippen LogP contribution in [-0.2, 0) is 24.2 Å². The summed E-state index contributed by atoms with van der Waals surface area (Å²) in [6, 6.07) is 5.82. The molecule has 0 aliphatic rings. The van der Waals surface area contributed by atoms with E-state index < -0.39 is 11.4 Å². The Kier molecular flexibility index (Phi) is 8.54. The van der Waals surface area contributed by atoms with Crippen LogP contribution in [0, 0.1) is 0 Å². The summed E-state index contributed by atoms with van der Waals surface area (Å²) in [5, 5.41) is 0. The predicted octanol–water partition coefficient (Wildman–Crippen LogP) is 4.67. The Balaban J connectivity index is 2.85. The van der Waals surface area contributed by atoms with Crippen LogP contribution in [0.2, 0.25) is 0 Å². The summed E-state index contributed by atoms with van der Waals surface area (Å²) in [4.78, 5) is 0. The Labute approximate surface area is 125 Å². The van der Waals surface area contributed by atoms with E-state index in [0.717, 1.165) is 31.2 Å². The van der Waals surface area contributed by atoms with E-state index in [0.29, 0.717) is 5.75 Å². The second kappa shape index (κ2) is 9.94. The van der Waals surface area contributed by atoms with Crippen LogP contribution >= 0.6 is 0 Å². The molecule has 1 unspecified atom stereocenters. The summed E-state index contributed by atoms with van der Waals surface area (Å²) in [5.41, 5.74) is 2.37. The summed E-state index contributed by atoms with van der Waals surface area (Å²) >= 11 is -2.25. The molecule has 0 fully saturated rings. The highest BCUT2D eigenvalue weighted by atomic mass is 32.2. The average molecular weight is 298 g/mol. The van der Waals surface area contributed by atoms with Crippen molar-refractivity contribution in [3.05, 3.63) is 29.3 Å². The minimum Gasteiger partial charge on any atom is -0.380 e. The van der Waals surface area contributed by atoms with Gasteiger partial charge in [-0.05, 0) is 42.9 Å². The first-order valence-corrected chi connectivity index (χ1v) is 8.62. The Bertz CT molecular complexity index is 418. The first-order valence-electron chi connectivity index (χ1n) is 7.59. The Morgan fingerprint density at radius 3 is 2.30 bits per heavy atom. The van der Waals surface area contributed by atoms with Gasteiger partial charge in [0.05, 0.1) is 0 Å². The lowest BCUT2D eigenvalue weighted by molar-refractivity contribution is 0.454. The van der Waals surface area contributed by atoms with E-state index in [1.165, 1.54) is 31.2 Å². The molecule has 1 rings (SSSR count). The van der Waals surface area contributed by atoms with E-state index >= 15 is 0 Å². The number of hydrogen-bond donors (Lipinski definition) is 1. The maximum Gasteiger partial charge on any atom is 0.357 e. The molecule has 0 bridgehead atoms. The van der Waals surface area contributed by atoms with Crippen molar-refractivity contribution < 1.29 is 12.9 Å². The molecule has 1 aromatic rings. The second-order valence-electron chi connectivity index (χ2n) is 5.11. The van der Waals surface area contributed by atoms with Gasteiger partial charge in [0.1, 0.15) is 5.75 Å². The van der Waals surface area contributed by atoms with Crippen LogP contribution in [0.3, 0.4) is 0 Å². The fourth-order valence-corrected chi connectivity index (χ4v) is 2.71. The minimum absolute atomic E-state index is 0.566. The molecule has 3 nitrogen and oxygen atoms in total. The third-order valence-corrected chi connectivity index (χ3v) is 3.79. The molecular formula is C16H26O3S. The predicted molar refractivity (Wildman–Crippen MR) is 84.3 cm³/mol. The second-order valence-corrected chi connectivity index (χ2v) is 5.71. The Morgan fingerprint density at radius 1 is 1.05 bits per heavy atom. The van der Waals surface area contributed by atoms with Crippen molar-refractivity contribution in [1.29, 1.82) is 0 Å². The maximum atomic E-state index is 10.9. The van der Waals surface area contributed by atoms with Crippen molar-refractivity contribution in [2.75, 3.05) is 0 Å². The van der Waals surface area contributed by atoms with Crippen LogP contribution in [0.15, 0.2) is 18.2 Å². The third kappa shape index (κ3) is 6.06. The van der Waals surface area contributed by atoms with E-state index in [1.807, 2.05) is 6.07 Å². The highest BCUT2D eigenvalue weighted by Crippen LogP contribution is 2.26. The Morgan fingerprint density at radius 2 is 1.70 bits per heavy atom. The van der Waals surface area contributed by atoms with E-state index in [1.54, 1.807) is 6.07 Å². The Hall–Kier alpha value is -0.870. The van der Waals surface area contributed by atoms with E-state index in [9.17, 15) is 4.21 Å². The minimum atomic E-state index is -2.25. The monoisotopic (exact) mass is 298 g/mol. The molecule has 0 aromatic heterocycles. The van der Waals surface area contributed by atoms with Crippen molar-refractivity contribution in [2.24, 2.45) is 0 Å². The van der Waals surface area contributed by atoms with Gasteiger partial charge in [-0.2, -0.15) is 4.21 Å². The zero-order chi connectivity index (χ0) is 14.8. The molecule has 0 spiro atoms. The summed E-state index contributed by atoms with van der Waals surface area (Å²) in [6.45, 7) is 4.37. The molecule has 20 heavy (non-hydrogen) atoms. The normalized spacial score (nSPS) is 12.3. The quantitative estimate of drug-likeness (QED) is 0.504. The zero-order valence-electron chi connectivity index (χ0n) is 12.6. The average Bonchev–Trinajstić information content (AvgIpc) is 2.41. The van der Waals surface area contributed by atoms with E-state index in [-0.39, 0.29) is 0 Å². The van der Waals surface area contributed by atoms with Gasteiger partial charge in [0.15, 0.2) is 0 Å². The lowest BCUT2D eigenvalue weighted by atomic mass is 9.96. The molecule has 0 heterocycles. The van der Waals surface area contributed by atoms with Crippen molar-refractivity contribution in [1.82, 2.24) is 0 Å². The van der Waals surface area contributed by atoms with Crippen molar-refractivity contribution in [2.45, 2.75) is 65.2 Å². The fourth-order valence-electron chi connectivity index (χ4n) is 2.40. The summed E-state index contributed by atoms with van der Waals surface area (Å²) in [6.07, 6.45) is 8.93. The summed E-state index contributed by atoms with van der Waals surface area (Å²) < 4.78 is 24.9. The fraction of sp³-hybridized carbons (Fsp3) is 0.625. The lowest BCUT2D eigenvalue weighted by Gasteiger charge is -2.13. The molecule has 0 aliphatic carbocycles. The summed E-state index contributed by atoms with van der Waals surface area (Å²) in [5.74, 6) is 0.566. The van der Waals surface area contributed by atoms with Gasteiger partial charge in [0, 0.05) is 0 Å². The number of rotatable bonds is 10. The molecule has 1 atom stereocenters. The van der Waals surface area contributed by atoms with Gasteiger partial charge < -0.3 is 4.18 Å². The molecule has 0 radical (unpaired) electrons. The van der Waals surface area contributed by atoms with E-state index in [4.69, 9.17) is 8.74 Å². The smallest absolute Gasteiger partial charge is 0.357 e. The van der Waals surface area contributed by atoms with Gasteiger partial charge in [-0.15, -0.1) is 0 Å². The molecule has 0 saturated carbocycles. The largest absolute Gasteiger partial charge is 0.380 e. The lowest BCUT2D eigenvalue weighted by Crippen LogP contribution is -2.04. The van der Waals surface area contributed by atoms with Crippen LogP contribution in [0.4, 0.5) is 0 Å². The maximum absolute atomic E-state index is 10.9. The van der Waals surface area contributed by atoms with Gasteiger partial charge in [0.2, 0.25) is 0 Å². The molecule has 0 amide bonds. The third-order valence-electron chi connectivity index (χ3n) is 3.47. The van der Waals surface area contributed by atoms with Crippen molar-refractivity contribution >= 4 is 11.4 Å². The molecule has 1 aromatic carbocycles. The molecular weight excluding hydrogens is 272 g/mol. The van der Waals surface area contributed by atoms with Gasteiger partial charge >= 0.3 is 11.4 Å². The standard InChI is InChI=1S/C16H26O3S/c1-3-5-7-10-14-11-9-13-16(19-20(17)18)15(14)12-8-6-4-2/h9,11,13H,3-8,10,12H2,1-2H3,(H,17,18). The molecule has 0 saturated heterocycles. The highest BCUT2D eigenvalue weighted by Gasteiger charge is 2.11. The van der Waals surface area contributed by atoms with Crippen LogP contribution in [-0.4, -0.2) is 8.76 Å². The SMILES string of the molecule is CCCCCc1cccc(OS(=O)O)c1CCCCC. The van der Waals surface area contributed by atoms with Gasteiger partial charge in [0.25, 0.3) is 0 Å². The summed E-state index contributed by atoms with van der Waals surface area (Å²) in [7, 11) is 0. The number of aryl methyl sites for hydroxylation is 1. The number of benzene rings is 1. The van der Waals surface area contributed by atoms with Crippen molar-refractivity contribution in [3.63, 3.8) is 0 Å². The molecule has 114 valence electrons. The van der Waals surface area contributed by atoms with E-state index in [2.05, 4.69) is 19.9 Å². The topological polar surface area (TPSA) is 46.5 Å². The molecule has 4 heteroatoms. The first kappa shape index (κ1) is 17.2. The van der Waals surface area contributed by atoms with Gasteiger partial charge in [-0.25, -0.2) is 0 Å². The molecule has 0 aliphatic heterocycles. The van der Waals surface area contributed by atoms with Crippen LogP contribution in [0.1, 0.15) is 63.5 Å². The zero-order valence-corrected chi connectivity index (χ0v) is 13.4. The molecule has 1 N–H and O–H groups in total. The highest BCUT2D eigenvalue weighted by molar-refractivity contribution is 7.74. The van der Waals surface area contributed by atoms with Crippen molar-refractivity contribution in [3.8, 4) is 5.75 Å². The first-order chi connectivity index (χ1) is 9.69. The van der Waals surface area contributed by atoms with Crippen LogP contribution in [0.5, 0.6) is 5.75 Å². The number of unbranched alkanes of at least 4 members (excludes halogenated alkanes) is 4. The van der Waals surface area contributed by atoms with Crippen LogP contribution in [0.25, 0.3) is 0 Å². The van der Waals surface area contributed by atoms with Gasteiger partial charge in [-0.1, -0.05) is 51.7 Å². The van der Waals surface area contributed by atoms with Crippen LogP contribution < -0.4 is 4.18 Å². The van der Waals surface area contributed by atoms with Gasteiger partial charge in [-0.3, -0.25) is 4.55 Å². The number of hydrogen-bond acceptors (Lipinski definition) is 2.